The Hall–Kier alpha value is -6.27. The molecule has 55 heavy (non-hydrogen) atoms. The standard InChI is InChI=1S/C42H32Cl2N10O/c43-30-12-14-34-36(21-30)45-19-17-38(34)53-26-32(47-49-53)24-51(25-33-27-54(50-48-33)39-18-20-46-37-22-31(44)13-15-35(37)39)41-40(16-11-28-7-3-1-4-8-28)52(42(41)55)23-29-9-5-2-6-10-29/h1-22,26-27,40-41H,23-25H2/b16-11+/t40-,41+/m1/s1. The number of carbonyl (C=O) groups excluding carboxylic acids is 1. The van der Waals surface area contributed by atoms with Gasteiger partial charge in [-0.25, -0.2) is 9.36 Å². The normalized spacial score (nSPS) is 15.8. The van der Waals surface area contributed by atoms with Gasteiger partial charge in [0, 0.05) is 52.8 Å². The highest BCUT2D eigenvalue weighted by atomic mass is 35.5. The molecular formula is C42H32Cl2N10O. The molecule has 5 heterocycles. The first-order chi connectivity index (χ1) is 27.0. The number of aromatic nitrogens is 8. The second-order valence-electron chi connectivity index (χ2n) is 13.4. The SMILES string of the molecule is O=C1[C@@H](N(Cc2cn(-c3ccnc4cc(Cl)ccc34)nn2)Cc2cn(-c3ccnc4cc(Cl)ccc34)nn2)[C@@H](/C=C/c2ccccc2)N1Cc1ccccc1. The minimum absolute atomic E-state index is 0.0142. The van der Waals surface area contributed by atoms with E-state index in [9.17, 15) is 4.79 Å². The lowest BCUT2D eigenvalue weighted by molar-refractivity contribution is -0.158. The number of rotatable bonds is 11. The number of pyridine rings is 2. The zero-order valence-electron chi connectivity index (χ0n) is 29.3. The van der Waals surface area contributed by atoms with Gasteiger partial charge in [-0.2, -0.15) is 0 Å². The van der Waals surface area contributed by atoms with E-state index >= 15 is 0 Å². The van der Waals surface area contributed by atoms with Crippen molar-refractivity contribution in [2.45, 2.75) is 31.7 Å². The van der Waals surface area contributed by atoms with Crippen molar-refractivity contribution in [1.29, 1.82) is 0 Å². The Labute approximate surface area is 326 Å². The number of fused-ring (bicyclic) bond motifs is 2. The minimum atomic E-state index is -0.508. The first-order valence-electron chi connectivity index (χ1n) is 17.7. The van der Waals surface area contributed by atoms with Gasteiger partial charge < -0.3 is 4.90 Å². The van der Waals surface area contributed by atoms with Gasteiger partial charge in [0.2, 0.25) is 5.91 Å². The fraction of sp³-hybridized carbons (Fsp3) is 0.119. The maximum absolute atomic E-state index is 14.3. The fourth-order valence-electron chi connectivity index (χ4n) is 7.13. The number of benzene rings is 4. The van der Waals surface area contributed by atoms with Crippen LogP contribution in [0.5, 0.6) is 0 Å². The number of hydrogen-bond donors (Lipinski definition) is 0. The van der Waals surface area contributed by atoms with Crippen LogP contribution >= 0.6 is 23.2 Å². The Bertz CT molecular complexity index is 2560. The van der Waals surface area contributed by atoms with Crippen LogP contribution in [0.1, 0.15) is 22.5 Å². The Morgan fingerprint density at radius 2 is 1.22 bits per heavy atom. The molecule has 270 valence electrons. The molecule has 1 fully saturated rings. The van der Waals surface area contributed by atoms with Crippen LogP contribution in [-0.4, -0.2) is 67.7 Å². The van der Waals surface area contributed by atoms with Crippen molar-refractivity contribution >= 4 is 57.0 Å². The lowest BCUT2D eigenvalue weighted by Gasteiger charge is -2.50. The van der Waals surface area contributed by atoms with Gasteiger partial charge in [-0.1, -0.05) is 106 Å². The van der Waals surface area contributed by atoms with E-state index in [0.29, 0.717) is 41.1 Å². The van der Waals surface area contributed by atoms with E-state index in [2.05, 4.69) is 59.8 Å². The van der Waals surface area contributed by atoms with Gasteiger partial charge in [-0.15, -0.1) is 10.2 Å². The van der Waals surface area contributed by atoms with E-state index < -0.39 is 6.04 Å². The molecule has 0 N–H and O–H groups in total. The Balaban J connectivity index is 1.07. The Kier molecular flexibility index (Phi) is 9.32. The summed E-state index contributed by atoms with van der Waals surface area (Å²) >= 11 is 12.5. The van der Waals surface area contributed by atoms with Crippen molar-refractivity contribution in [3.63, 3.8) is 0 Å². The van der Waals surface area contributed by atoms with Crippen LogP contribution in [0.2, 0.25) is 10.0 Å². The van der Waals surface area contributed by atoms with Crippen molar-refractivity contribution in [2.75, 3.05) is 0 Å². The average Bonchev–Trinajstić information content (AvgIpc) is 3.88. The number of carbonyl (C=O) groups is 1. The minimum Gasteiger partial charge on any atom is -0.328 e. The monoisotopic (exact) mass is 762 g/mol. The summed E-state index contributed by atoms with van der Waals surface area (Å²) < 4.78 is 3.47. The molecule has 11 nitrogen and oxygen atoms in total. The first-order valence-corrected chi connectivity index (χ1v) is 18.5. The summed E-state index contributed by atoms with van der Waals surface area (Å²) in [5, 5.41) is 21.2. The molecule has 4 aromatic heterocycles. The van der Waals surface area contributed by atoms with Crippen LogP contribution in [-0.2, 0) is 24.4 Å². The summed E-state index contributed by atoms with van der Waals surface area (Å²) in [6.07, 6.45) is 11.4. The summed E-state index contributed by atoms with van der Waals surface area (Å²) in [6.45, 7) is 1.13. The molecule has 1 amide bonds. The lowest BCUT2D eigenvalue weighted by Crippen LogP contribution is -2.69. The third kappa shape index (κ3) is 7.08. The number of hydrogen-bond acceptors (Lipinski definition) is 8. The quantitative estimate of drug-likeness (QED) is 0.123. The summed E-state index contributed by atoms with van der Waals surface area (Å²) in [4.78, 5) is 27.3. The van der Waals surface area contributed by atoms with E-state index in [1.54, 1.807) is 21.8 Å². The zero-order valence-corrected chi connectivity index (χ0v) is 30.8. The van der Waals surface area contributed by atoms with E-state index in [1.807, 2.05) is 114 Å². The second kappa shape index (κ2) is 14.9. The number of amides is 1. The molecule has 4 aromatic carbocycles. The summed E-state index contributed by atoms with van der Waals surface area (Å²) in [5.41, 5.74) is 6.62. The zero-order chi connectivity index (χ0) is 37.3. The predicted octanol–water partition coefficient (Wildman–Crippen LogP) is 7.75. The van der Waals surface area contributed by atoms with Gasteiger partial charge in [0.25, 0.3) is 0 Å². The van der Waals surface area contributed by atoms with E-state index in [4.69, 9.17) is 23.2 Å². The molecule has 0 bridgehead atoms. The van der Waals surface area contributed by atoms with Crippen LogP contribution in [0.4, 0.5) is 0 Å². The van der Waals surface area contributed by atoms with Gasteiger partial charge in [0.15, 0.2) is 0 Å². The number of nitrogens with zero attached hydrogens (tertiary/aromatic N) is 10. The molecule has 0 aliphatic carbocycles. The second-order valence-corrected chi connectivity index (χ2v) is 14.2. The molecule has 8 aromatic rings. The molecule has 2 atom stereocenters. The van der Waals surface area contributed by atoms with Gasteiger partial charge in [0.05, 0.1) is 52.2 Å². The molecule has 0 spiro atoms. The molecule has 1 saturated heterocycles. The maximum atomic E-state index is 14.3. The highest BCUT2D eigenvalue weighted by Gasteiger charge is 2.49. The van der Waals surface area contributed by atoms with Crippen molar-refractivity contribution in [3.8, 4) is 11.4 Å². The third-order valence-corrected chi connectivity index (χ3v) is 10.2. The van der Waals surface area contributed by atoms with Crippen molar-refractivity contribution in [2.24, 2.45) is 0 Å². The van der Waals surface area contributed by atoms with Crippen LogP contribution in [0.25, 0.3) is 39.3 Å². The Morgan fingerprint density at radius 3 is 1.78 bits per heavy atom. The third-order valence-electron chi connectivity index (χ3n) is 9.76. The van der Waals surface area contributed by atoms with E-state index in [1.165, 1.54) is 0 Å². The first kappa shape index (κ1) is 34.5. The predicted molar refractivity (Wildman–Crippen MR) is 213 cm³/mol. The van der Waals surface area contributed by atoms with Crippen LogP contribution in [0, 0.1) is 0 Å². The fourth-order valence-corrected chi connectivity index (χ4v) is 7.46. The lowest BCUT2D eigenvalue weighted by atomic mass is 9.91. The highest BCUT2D eigenvalue weighted by Crippen LogP contribution is 2.32. The molecule has 0 radical (unpaired) electrons. The van der Waals surface area contributed by atoms with Crippen LogP contribution in [0.3, 0.4) is 0 Å². The van der Waals surface area contributed by atoms with Crippen LogP contribution < -0.4 is 0 Å². The van der Waals surface area contributed by atoms with Gasteiger partial charge >= 0.3 is 0 Å². The van der Waals surface area contributed by atoms with Gasteiger partial charge in [-0.3, -0.25) is 19.7 Å². The maximum Gasteiger partial charge on any atom is 0.243 e. The van der Waals surface area contributed by atoms with Crippen molar-refractivity contribution in [3.05, 3.63) is 173 Å². The topological polar surface area (TPSA) is 111 Å². The van der Waals surface area contributed by atoms with Crippen molar-refractivity contribution < 1.29 is 4.79 Å². The van der Waals surface area contributed by atoms with E-state index in [0.717, 1.165) is 44.3 Å². The van der Waals surface area contributed by atoms with Crippen molar-refractivity contribution in [1.82, 2.24) is 49.8 Å². The number of likely N-dealkylation sites (tertiary alicyclic amines) is 1. The summed E-state index contributed by atoms with van der Waals surface area (Å²) in [7, 11) is 0. The Morgan fingerprint density at radius 1 is 0.673 bits per heavy atom. The molecule has 1 aliphatic rings. The van der Waals surface area contributed by atoms with Gasteiger partial charge in [0.1, 0.15) is 6.04 Å². The molecular weight excluding hydrogens is 731 g/mol. The molecule has 13 heteroatoms. The average molecular weight is 764 g/mol. The largest absolute Gasteiger partial charge is 0.328 e. The van der Waals surface area contributed by atoms with E-state index in [-0.39, 0.29) is 11.9 Å². The van der Waals surface area contributed by atoms with Crippen LogP contribution in [0.15, 0.2) is 140 Å². The molecule has 9 rings (SSSR count). The summed E-state index contributed by atoms with van der Waals surface area (Å²) in [6, 6.07) is 34.4. The molecule has 1 aliphatic heterocycles. The number of β-lactam (4-membered cyclic amide) rings is 1. The smallest absolute Gasteiger partial charge is 0.243 e. The summed E-state index contributed by atoms with van der Waals surface area (Å²) in [5.74, 6) is 0.0142. The van der Waals surface area contributed by atoms with Gasteiger partial charge in [-0.05, 0) is 59.7 Å². The highest BCUT2D eigenvalue weighted by molar-refractivity contribution is 6.31. The number of halogens is 2. The molecule has 0 saturated carbocycles. The molecule has 0 unspecified atom stereocenters.